The van der Waals surface area contributed by atoms with Crippen molar-refractivity contribution in [2.45, 2.75) is 19.9 Å². The molecule has 2 aromatic rings. The fourth-order valence-corrected chi connectivity index (χ4v) is 3.27. The Kier molecular flexibility index (Phi) is 4.68. The molecule has 6 heteroatoms. The van der Waals surface area contributed by atoms with Crippen molar-refractivity contribution >= 4 is 21.4 Å². The van der Waals surface area contributed by atoms with Crippen LogP contribution in [0, 0.1) is 6.92 Å². The molecule has 0 spiro atoms. The quantitative estimate of drug-likeness (QED) is 0.888. The number of nitrogens with zero attached hydrogens (tertiary/aromatic N) is 1. The summed E-state index contributed by atoms with van der Waals surface area (Å²) >= 11 is 1.52. The third-order valence-electron chi connectivity index (χ3n) is 2.64. The van der Waals surface area contributed by atoms with E-state index in [9.17, 15) is 8.42 Å². The van der Waals surface area contributed by atoms with E-state index in [1.807, 2.05) is 42.6 Å². The lowest BCUT2D eigenvalue weighted by Gasteiger charge is -2.05. The van der Waals surface area contributed by atoms with Gasteiger partial charge in [-0.05, 0) is 18.9 Å². The lowest BCUT2D eigenvalue weighted by atomic mass is 10.2. The third-order valence-corrected chi connectivity index (χ3v) is 4.79. The number of rotatable bonds is 6. The first-order valence-electron chi connectivity index (χ1n) is 5.97. The number of nitrogens with one attached hydrogen (secondary N) is 1. The third kappa shape index (κ3) is 4.74. The van der Waals surface area contributed by atoms with Crippen LogP contribution in [0.2, 0.25) is 0 Å². The molecule has 0 aliphatic rings. The Labute approximate surface area is 117 Å². The van der Waals surface area contributed by atoms with Crippen molar-refractivity contribution in [3.8, 4) is 0 Å². The van der Waals surface area contributed by atoms with Crippen LogP contribution in [0.1, 0.15) is 16.3 Å². The highest BCUT2D eigenvalue weighted by Crippen LogP contribution is 2.08. The second-order valence-corrected chi connectivity index (χ2v) is 7.22. The molecule has 0 unspecified atom stereocenters. The molecule has 1 aromatic heterocycles. The second kappa shape index (κ2) is 6.27. The largest absolute Gasteiger partial charge is 0.245 e. The van der Waals surface area contributed by atoms with Crippen molar-refractivity contribution in [1.29, 1.82) is 0 Å². The van der Waals surface area contributed by atoms with Gasteiger partial charge in [0.15, 0.2) is 0 Å². The van der Waals surface area contributed by atoms with Crippen LogP contribution >= 0.6 is 11.3 Å². The van der Waals surface area contributed by atoms with E-state index >= 15 is 0 Å². The summed E-state index contributed by atoms with van der Waals surface area (Å²) in [6.45, 7) is 2.17. The van der Waals surface area contributed by atoms with Gasteiger partial charge in [0.2, 0.25) is 10.0 Å². The van der Waals surface area contributed by atoms with Gasteiger partial charge in [-0.15, -0.1) is 11.3 Å². The van der Waals surface area contributed by atoms with Crippen molar-refractivity contribution in [3.63, 3.8) is 0 Å². The molecule has 1 N–H and O–H groups in total. The molecule has 0 amide bonds. The van der Waals surface area contributed by atoms with E-state index in [4.69, 9.17) is 0 Å². The van der Waals surface area contributed by atoms with E-state index in [1.165, 1.54) is 11.3 Å². The summed E-state index contributed by atoms with van der Waals surface area (Å²) in [6, 6.07) is 9.60. The van der Waals surface area contributed by atoms with Gasteiger partial charge in [-0.1, -0.05) is 30.3 Å². The number of thiazole rings is 1. The fourth-order valence-electron chi connectivity index (χ4n) is 1.64. The van der Waals surface area contributed by atoms with Crippen molar-refractivity contribution in [1.82, 2.24) is 9.71 Å². The minimum Gasteiger partial charge on any atom is -0.245 e. The van der Waals surface area contributed by atoms with Gasteiger partial charge in [0.25, 0.3) is 0 Å². The van der Waals surface area contributed by atoms with Crippen LogP contribution in [-0.4, -0.2) is 19.2 Å². The van der Waals surface area contributed by atoms with E-state index < -0.39 is 10.0 Å². The molecular weight excluding hydrogens is 280 g/mol. The highest BCUT2D eigenvalue weighted by atomic mass is 32.2. The van der Waals surface area contributed by atoms with Gasteiger partial charge in [0.05, 0.1) is 23.0 Å². The second-order valence-electron chi connectivity index (χ2n) is 4.23. The number of hydrogen-bond donors (Lipinski definition) is 1. The molecule has 0 radical (unpaired) electrons. The van der Waals surface area contributed by atoms with E-state index in [0.29, 0.717) is 6.42 Å². The maximum absolute atomic E-state index is 11.8. The maximum atomic E-state index is 11.8. The van der Waals surface area contributed by atoms with Crippen LogP contribution in [0.15, 0.2) is 35.7 Å². The Morgan fingerprint density at radius 2 is 2.00 bits per heavy atom. The van der Waals surface area contributed by atoms with Gasteiger partial charge < -0.3 is 0 Å². The molecular formula is C13H16N2O2S2. The summed E-state index contributed by atoms with van der Waals surface area (Å²) in [4.78, 5) is 4.22. The van der Waals surface area contributed by atoms with Gasteiger partial charge >= 0.3 is 0 Å². The lowest BCUT2D eigenvalue weighted by Crippen LogP contribution is -2.27. The molecule has 19 heavy (non-hydrogen) atoms. The zero-order valence-corrected chi connectivity index (χ0v) is 12.3. The highest BCUT2D eigenvalue weighted by Gasteiger charge is 2.11. The van der Waals surface area contributed by atoms with E-state index in [1.54, 1.807) is 0 Å². The monoisotopic (exact) mass is 296 g/mol. The SMILES string of the molecule is Cc1nc(CNS(=O)(=O)CCc2ccccc2)cs1. The average molecular weight is 296 g/mol. The first kappa shape index (κ1) is 14.2. The van der Waals surface area contributed by atoms with Gasteiger partial charge in [0, 0.05) is 5.38 Å². The van der Waals surface area contributed by atoms with Gasteiger partial charge in [-0.2, -0.15) is 0 Å². The Bertz CT molecular complexity index is 621. The number of benzene rings is 1. The average Bonchev–Trinajstić information content (AvgIpc) is 2.82. The molecule has 0 atom stereocenters. The van der Waals surface area contributed by atoms with Gasteiger partial charge in [0.1, 0.15) is 0 Å². The van der Waals surface area contributed by atoms with Crippen molar-refractivity contribution < 1.29 is 8.42 Å². The molecule has 0 aliphatic heterocycles. The molecule has 0 bridgehead atoms. The van der Waals surface area contributed by atoms with Gasteiger partial charge in [-0.25, -0.2) is 18.1 Å². The molecule has 2 rings (SSSR count). The van der Waals surface area contributed by atoms with Crippen LogP contribution in [0.3, 0.4) is 0 Å². The van der Waals surface area contributed by atoms with Crippen LogP contribution in [0.5, 0.6) is 0 Å². The summed E-state index contributed by atoms with van der Waals surface area (Å²) in [7, 11) is -3.25. The molecule has 0 saturated carbocycles. The minimum absolute atomic E-state index is 0.0974. The summed E-state index contributed by atoms with van der Waals surface area (Å²) in [5.74, 6) is 0.0974. The van der Waals surface area contributed by atoms with Crippen LogP contribution in [-0.2, 0) is 23.0 Å². The molecule has 0 fully saturated rings. The topological polar surface area (TPSA) is 59.1 Å². The van der Waals surface area contributed by atoms with Crippen molar-refractivity contribution in [3.05, 3.63) is 52.0 Å². The summed E-state index contributed by atoms with van der Waals surface area (Å²) < 4.78 is 26.3. The first-order chi connectivity index (χ1) is 9.05. The summed E-state index contributed by atoms with van der Waals surface area (Å²) in [6.07, 6.45) is 0.520. The summed E-state index contributed by atoms with van der Waals surface area (Å²) in [5, 5.41) is 2.81. The Balaban J connectivity index is 1.85. The van der Waals surface area contributed by atoms with Crippen LogP contribution < -0.4 is 4.72 Å². The molecule has 0 saturated heterocycles. The highest BCUT2D eigenvalue weighted by molar-refractivity contribution is 7.89. The van der Waals surface area contributed by atoms with Crippen LogP contribution in [0.4, 0.5) is 0 Å². The van der Waals surface area contributed by atoms with E-state index in [-0.39, 0.29) is 12.3 Å². The Morgan fingerprint density at radius 1 is 1.26 bits per heavy atom. The zero-order chi connectivity index (χ0) is 13.7. The van der Waals surface area contributed by atoms with Crippen LogP contribution in [0.25, 0.3) is 0 Å². The molecule has 1 aromatic carbocycles. The smallest absolute Gasteiger partial charge is 0.212 e. The number of sulfonamides is 1. The van der Waals surface area contributed by atoms with Gasteiger partial charge in [-0.3, -0.25) is 0 Å². The molecule has 1 heterocycles. The molecule has 102 valence electrons. The predicted molar refractivity (Wildman–Crippen MR) is 77.6 cm³/mol. The lowest BCUT2D eigenvalue weighted by molar-refractivity contribution is 0.580. The van der Waals surface area contributed by atoms with Crippen molar-refractivity contribution in [2.75, 3.05) is 5.75 Å². The zero-order valence-electron chi connectivity index (χ0n) is 10.7. The number of aromatic nitrogens is 1. The predicted octanol–water partition coefficient (Wildman–Crippen LogP) is 2.11. The standard InChI is InChI=1S/C13H16N2O2S2/c1-11-15-13(10-18-11)9-14-19(16,17)8-7-12-5-3-2-4-6-12/h2-6,10,14H,7-9H2,1H3. The van der Waals surface area contributed by atoms with E-state index in [2.05, 4.69) is 9.71 Å². The number of aryl methyl sites for hydroxylation is 2. The Hall–Kier alpha value is -1.24. The fraction of sp³-hybridized carbons (Fsp3) is 0.308. The van der Waals surface area contributed by atoms with Crippen molar-refractivity contribution in [2.24, 2.45) is 0 Å². The maximum Gasteiger partial charge on any atom is 0.212 e. The Morgan fingerprint density at radius 3 is 2.63 bits per heavy atom. The normalized spacial score (nSPS) is 11.6. The summed E-state index contributed by atoms with van der Waals surface area (Å²) in [5.41, 5.74) is 1.79. The number of hydrogen-bond acceptors (Lipinski definition) is 4. The van der Waals surface area contributed by atoms with E-state index in [0.717, 1.165) is 16.3 Å². The minimum atomic E-state index is -3.25. The molecule has 0 aliphatic carbocycles. The molecule has 4 nitrogen and oxygen atoms in total. The first-order valence-corrected chi connectivity index (χ1v) is 8.51.